The summed E-state index contributed by atoms with van der Waals surface area (Å²) in [6.45, 7) is 0. The van der Waals surface area contributed by atoms with Gasteiger partial charge in [0.25, 0.3) is 11.8 Å². The van der Waals surface area contributed by atoms with E-state index >= 15 is 0 Å². The van der Waals surface area contributed by atoms with Gasteiger partial charge in [0.2, 0.25) is 5.89 Å². The molecule has 5 rings (SSSR count). The lowest BCUT2D eigenvalue weighted by molar-refractivity contribution is 0.0926. The van der Waals surface area contributed by atoms with Crippen molar-refractivity contribution in [2.24, 2.45) is 0 Å². The molecule has 0 fully saturated rings. The Bertz CT molecular complexity index is 1210. The highest BCUT2D eigenvalue weighted by Gasteiger charge is 2.37. The smallest absolute Gasteiger partial charge is 0.266 e. The van der Waals surface area contributed by atoms with Crippen LogP contribution in [0.1, 0.15) is 20.7 Å². The summed E-state index contributed by atoms with van der Waals surface area (Å²) in [6.07, 6.45) is 0. The van der Waals surface area contributed by atoms with Crippen molar-refractivity contribution in [2.45, 2.75) is 0 Å². The Morgan fingerprint density at radius 1 is 0.852 bits per heavy atom. The number of fused-ring (bicyclic) bond motifs is 2. The lowest BCUT2D eigenvalue weighted by Crippen LogP contribution is -2.29. The number of carbonyl (C=O) groups is 2. The monoisotopic (exact) mass is 374 g/mol. The van der Waals surface area contributed by atoms with Crippen molar-refractivity contribution in [1.29, 1.82) is 0 Å². The molecule has 0 saturated heterocycles. The zero-order valence-electron chi connectivity index (χ0n) is 13.8. The first-order chi connectivity index (χ1) is 13.1. The van der Waals surface area contributed by atoms with Crippen molar-refractivity contribution in [2.75, 3.05) is 4.90 Å². The van der Waals surface area contributed by atoms with Crippen molar-refractivity contribution in [3.8, 4) is 11.5 Å². The normalized spacial score (nSPS) is 13.4. The second-order valence-corrected chi connectivity index (χ2v) is 6.55. The molecule has 0 aliphatic carbocycles. The van der Waals surface area contributed by atoms with Crippen molar-refractivity contribution in [1.82, 2.24) is 4.98 Å². The number of imide groups is 1. The fraction of sp³-hybridized carbons (Fsp3) is 0. The van der Waals surface area contributed by atoms with E-state index in [1.54, 1.807) is 42.5 Å². The minimum atomic E-state index is -0.416. The standard InChI is InChI=1S/C21H11ClN2O3/c22-15-5-1-3-7-17(15)24-20(25)13-10-9-12(11-14(13)21(24)26)19-23-16-6-2-4-8-18(16)27-19/h1-11H. The lowest BCUT2D eigenvalue weighted by Gasteiger charge is -2.15. The predicted octanol–water partition coefficient (Wildman–Crippen LogP) is 4.95. The van der Waals surface area contributed by atoms with Gasteiger partial charge in [0.05, 0.1) is 21.8 Å². The van der Waals surface area contributed by atoms with Crippen LogP contribution in [0.2, 0.25) is 5.02 Å². The van der Waals surface area contributed by atoms with Gasteiger partial charge in [-0.15, -0.1) is 0 Å². The number of amides is 2. The van der Waals surface area contributed by atoms with Gasteiger partial charge >= 0.3 is 0 Å². The average Bonchev–Trinajstić information content (AvgIpc) is 3.22. The molecule has 0 atom stereocenters. The third-order valence-corrected chi connectivity index (χ3v) is 4.84. The highest BCUT2D eigenvalue weighted by molar-refractivity contribution is 6.39. The van der Waals surface area contributed by atoms with Crippen LogP contribution in [0.5, 0.6) is 0 Å². The summed E-state index contributed by atoms with van der Waals surface area (Å²) in [5, 5.41) is 0.339. The van der Waals surface area contributed by atoms with Crippen LogP contribution in [0, 0.1) is 0 Å². The van der Waals surface area contributed by atoms with Crippen molar-refractivity contribution >= 4 is 40.2 Å². The molecular formula is C21H11ClN2O3. The lowest BCUT2D eigenvalue weighted by atomic mass is 10.1. The Morgan fingerprint density at radius 2 is 1.59 bits per heavy atom. The Hall–Kier alpha value is -3.44. The van der Waals surface area contributed by atoms with Crippen LogP contribution in [0.3, 0.4) is 0 Å². The van der Waals surface area contributed by atoms with Crippen molar-refractivity contribution in [3.63, 3.8) is 0 Å². The number of aromatic nitrogens is 1. The van der Waals surface area contributed by atoms with E-state index < -0.39 is 11.8 Å². The highest BCUT2D eigenvalue weighted by atomic mass is 35.5. The summed E-state index contributed by atoms with van der Waals surface area (Å²) < 4.78 is 5.76. The van der Waals surface area contributed by atoms with E-state index in [1.807, 2.05) is 24.3 Å². The van der Waals surface area contributed by atoms with E-state index in [-0.39, 0.29) is 0 Å². The van der Waals surface area contributed by atoms with E-state index in [1.165, 1.54) is 0 Å². The molecule has 1 aromatic heterocycles. The van der Waals surface area contributed by atoms with Crippen LogP contribution in [0.25, 0.3) is 22.6 Å². The number of rotatable bonds is 2. The number of nitrogens with zero attached hydrogens (tertiary/aromatic N) is 2. The van der Waals surface area contributed by atoms with Gasteiger partial charge < -0.3 is 4.42 Å². The minimum Gasteiger partial charge on any atom is -0.436 e. The molecule has 2 amide bonds. The van der Waals surface area contributed by atoms with Gasteiger partial charge in [-0.3, -0.25) is 9.59 Å². The summed E-state index contributed by atoms with van der Waals surface area (Å²) in [5.41, 5.74) is 3.03. The third kappa shape index (κ3) is 2.36. The van der Waals surface area contributed by atoms with Crippen LogP contribution in [0.15, 0.2) is 71.1 Å². The summed E-state index contributed by atoms with van der Waals surface area (Å²) in [6, 6.07) is 19.2. The van der Waals surface area contributed by atoms with Crippen LogP contribution < -0.4 is 4.90 Å². The van der Waals surface area contributed by atoms with Gasteiger partial charge in [-0.1, -0.05) is 35.9 Å². The third-order valence-electron chi connectivity index (χ3n) is 4.52. The van der Waals surface area contributed by atoms with Gasteiger partial charge in [0, 0.05) is 5.56 Å². The first kappa shape index (κ1) is 15.8. The first-order valence-electron chi connectivity index (χ1n) is 8.27. The molecule has 0 unspecified atom stereocenters. The molecule has 4 aromatic rings. The number of hydrogen-bond acceptors (Lipinski definition) is 4. The van der Waals surface area contributed by atoms with E-state index in [0.717, 1.165) is 10.4 Å². The van der Waals surface area contributed by atoms with Gasteiger partial charge in [-0.25, -0.2) is 9.88 Å². The van der Waals surface area contributed by atoms with Gasteiger partial charge in [-0.05, 0) is 42.5 Å². The topological polar surface area (TPSA) is 63.4 Å². The van der Waals surface area contributed by atoms with Crippen LogP contribution in [-0.2, 0) is 0 Å². The fourth-order valence-corrected chi connectivity index (χ4v) is 3.44. The number of oxazole rings is 1. The maximum atomic E-state index is 12.9. The largest absolute Gasteiger partial charge is 0.436 e. The molecule has 0 N–H and O–H groups in total. The van der Waals surface area contributed by atoms with Crippen molar-refractivity contribution in [3.05, 3.63) is 82.9 Å². The number of anilines is 1. The second-order valence-electron chi connectivity index (χ2n) is 6.14. The molecule has 6 heteroatoms. The molecule has 0 spiro atoms. The zero-order chi connectivity index (χ0) is 18.5. The summed E-state index contributed by atoms with van der Waals surface area (Å²) in [7, 11) is 0. The highest BCUT2D eigenvalue weighted by Crippen LogP contribution is 2.35. The molecular weight excluding hydrogens is 364 g/mol. The molecule has 5 nitrogen and oxygen atoms in total. The Morgan fingerprint density at radius 3 is 2.41 bits per heavy atom. The molecule has 0 radical (unpaired) electrons. The predicted molar refractivity (Wildman–Crippen MR) is 102 cm³/mol. The van der Waals surface area contributed by atoms with Gasteiger partial charge in [0.1, 0.15) is 5.52 Å². The molecule has 1 aliphatic rings. The number of benzene rings is 3. The molecule has 130 valence electrons. The molecule has 1 aliphatic heterocycles. The number of halogens is 1. The zero-order valence-corrected chi connectivity index (χ0v) is 14.6. The minimum absolute atomic E-state index is 0.305. The van der Waals surface area contributed by atoms with E-state index in [9.17, 15) is 9.59 Å². The number of carbonyl (C=O) groups excluding carboxylic acids is 2. The Kier molecular flexibility index (Phi) is 3.39. The van der Waals surface area contributed by atoms with E-state index in [0.29, 0.717) is 38.9 Å². The van der Waals surface area contributed by atoms with E-state index in [2.05, 4.69) is 4.98 Å². The average molecular weight is 375 g/mol. The SMILES string of the molecule is O=C1c2ccc(-c3nc4ccccc4o3)cc2C(=O)N1c1ccccc1Cl. The van der Waals surface area contributed by atoms with Crippen LogP contribution in [0.4, 0.5) is 5.69 Å². The van der Waals surface area contributed by atoms with Crippen molar-refractivity contribution < 1.29 is 14.0 Å². The second kappa shape index (κ2) is 5.79. The maximum Gasteiger partial charge on any atom is 0.266 e. The first-order valence-corrected chi connectivity index (χ1v) is 8.64. The molecule has 0 bridgehead atoms. The fourth-order valence-electron chi connectivity index (χ4n) is 3.22. The quantitative estimate of drug-likeness (QED) is 0.466. The molecule has 2 heterocycles. The van der Waals surface area contributed by atoms with Crippen LogP contribution >= 0.6 is 11.6 Å². The summed E-state index contributed by atoms with van der Waals surface area (Å²) >= 11 is 6.18. The Labute approximate surface area is 158 Å². The summed E-state index contributed by atoms with van der Waals surface area (Å²) in [4.78, 5) is 31.2. The maximum absolute atomic E-state index is 12.9. The Balaban J connectivity index is 1.60. The summed E-state index contributed by atoms with van der Waals surface area (Å²) in [5.74, 6) is -0.413. The van der Waals surface area contributed by atoms with E-state index in [4.69, 9.17) is 16.0 Å². The molecule has 0 saturated carbocycles. The molecule has 3 aromatic carbocycles. The van der Waals surface area contributed by atoms with Crippen LogP contribution in [-0.4, -0.2) is 16.8 Å². The molecule has 27 heavy (non-hydrogen) atoms. The van der Waals surface area contributed by atoms with Gasteiger partial charge in [0.15, 0.2) is 5.58 Å². The van der Waals surface area contributed by atoms with Gasteiger partial charge in [-0.2, -0.15) is 0 Å². The number of hydrogen-bond donors (Lipinski definition) is 0. The number of para-hydroxylation sites is 3.